The Balaban J connectivity index is 1.71. The van der Waals surface area contributed by atoms with Gasteiger partial charge in [-0.05, 0) is 39.7 Å². The number of aromatic nitrogens is 3. The molecule has 29 heavy (non-hydrogen) atoms. The molecule has 0 radical (unpaired) electrons. The first-order valence-corrected chi connectivity index (χ1v) is 9.26. The van der Waals surface area contributed by atoms with Gasteiger partial charge in [-0.2, -0.15) is 9.61 Å². The highest BCUT2D eigenvalue weighted by atomic mass is 16.2. The topological polar surface area (TPSA) is 142 Å². The van der Waals surface area contributed by atoms with Crippen LogP contribution >= 0.6 is 0 Å². The van der Waals surface area contributed by atoms with E-state index in [0.29, 0.717) is 28.9 Å². The van der Waals surface area contributed by atoms with Crippen molar-refractivity contribution in [2.45, 2.75) is 45.2 Å². The second kappa shape index (κ2) is 6.76. The van der Waals surface area contributed by atoms with Crippen molar-refractivity contribution in [2.24, 2.45) is 0 Å². The lowest BCUT2D eigenvalue weighted by Crippen LogP contribution is -2.43. The summed E-state index contributed by atoms with van der Waals surface area (Å²) in [6.07, 6.45) is 5.16. The Labute approximate surface area is 166 Å². The second-order valence-corrected chi connectivity index (χ2v) is 8.08. The largest absolute Gasteiger partial charge is 0.367 e. The van der Waals surface area contributed by atoms with Crippen molar-refractivity contribution in [1.29, 1.82) is 0 Å². The molecule has 1 saturated heterocycles. The van der Waals surface area contributed by atoms with Gasteiger partial charge in [-0.25, -0.2) is 14.6 Å². The van der Waals surface area contributed by atoms with Crippen LogP contribution < -0.4 is 26.6 Å². The van der Waals surface area contributed by atoms with Gasteiger partial charge in [-0.3, -0.25) is 15.4 Å². The third-order valence-corrected chi connectivity index (χ3v) is 4.18. The molecule has 1 aliphatic heterocycles. The number of imide groups is 1. The average Bonchev–Trinajstić information content (AvgIpc) is 3.22. The van der Waals surface area contributed by atoms with E-state index in [2.05, 4.69) is 36.7 Å². The highest BCUT2D eigenvalue weighted by Gasteiger charge is 2.25. The number of carbonyl (C=O) groups excluding carboxylic acids is 3. The molecule has 5 amide bonds. The van der Waals surface area contributed by atoms with Crippen LogP contribution in [0, 0.1) is 0 Å². The smallest absolute Gasteiger partial charge is 0.326 e. The number of anilines is 2. The van der Waals surface area contributed by atoms with Crippen molar-refractivity contribution in [3.8, 4) is 0 Å². The minimum atomic E-state index is -0.581. The molecule has 0 spiro atoms. The minimum Gasteiger partial charge on any atom is -0.367 e. The molecule has 11 heteroatoms. The number of nitrogens with one attached hydrogen (secondary N) is 5. The summed E-state index contributed by atoms with van der Waals surface area (Å²) in [5.41, 5.74) is 0.662. The van der Waals surface area contributed by atoms with Crippen molar-refractivity contribution >= 4 is 41.3 Å². The van der Waals surface area contributed by atoms with Gasteiger partial charge in [-0.1, -0.05) is 0 Å². The molecule has 0 aromatic carbocycles. The summed E-state index contributed by atoms with van der Waals surface area (Å²) < 4.78 is 1.60. The first-order valence-electron chi connectivity index (χ1n) is 9.26. The molecule has 0 atom stereocenters. The van der Waals surface area contributed by atoms with Crippen LogP contribution in [0.3, 0.4) is 0 Å². The lowest BCUT2D eigenvalue weighted by atomic mass is 10.1. The predicted octanol–water partition coefficient (Wildman–Crippen LogP) is 1.40. The van der Waals surface area contributed by atoms with Gasteiger partial charge < -0.3 is 16.0 Å². The molecule has 2 aromatic heterocycles. The van der Waals surface area contributed by atoms with Gasteiger partial charge in [0.2, 0.25) is 0 Å². The molecular weight excluding hydrogens is 376 g/mol. The van der Waals surface area contributed by atoms with E-state index in [-0.39, 0.29) is 11.7 Å². The normalized spacial score (nSPS) is 18.0. The summed E-state index contributed by atoms with van der Waals surface area (Å²) in [6, 6.07) is 1.10. The van der Waals surface area contributed by atoms with Crippen molar-refractivity contribution in [1.82, 2.24) is 30.5 Å². The fourth-order valence-electron chi connectivity index (χ4n) is 2.81. The van der Waals surface area contributed by atoms with E-state index < -0.39 is 17.5 Å². The van der Waals surface area contributed by atoms with Crippen LogP contribution in [-0.2, 0) is 4.79 Å². The Morgan fingerprint density at radius 2 is 2.03 bits per heavy atom. The summed E-state index contributed by atoms with van der Waals surface area (Å²) in [5.74, 6) is 0.486. The maximum Gasteiger partial charge on any atom is 0.326 e. The summed E-state index contributed by atoms with van der Waals surface area (Å²) in [5, 5.41) is 17.8. The monoisotopic (exact) mass is 398 g/mol. The summed E-state index contributed by atoms with van der Waals surface area (Å²) in [4.78, 5) is 39.9. The Bertz CT molecular complexity index is 1050. The van der Waals surface area contributed by atoms with E-state index in [4.69, 9.17) is 0 Å². The molecule has 11 nitrogen and oxygen atoms in total. The number of amides is 5. The van der Waals surface area contributed by atoms with Gasteiger partial charge in [-0.15, -0.1) is 0 Å². The molecule has 0 unspecified atom stereocenters. The first-order chi connectivity index (χ1) is 13.7. The Morgan fingerprint density at radius 3 is 2.66 bits per heavy atom. The van der Waals surface area contributed by atoms with Gasteiger partial charge in [0.1, 0.15) is 17.3 Å². The zero-order valence-electron chi connectivity index (χ0n) is 16.3. The Kier molecular flexibility index (Phi) is 4.36. The first kappa shape index (κ1) is 18.7. The molecule has 4 rings (SSSR count). The van der Waals surface area contributed by atoms with Crippen LogP contribution in [0.2, 0.25) is 0 Å². The van der Waals surface area contributed by atoms with E-state index in [1.165, 1.54) is 6.08 Å². The quantitative estimate of drug-likeness (QED) is 0.389. The number of carbonyl (C=O) groups is 3. The van der Waals surface area contributed by atoms with Gasteiger partial charge in [0, 0.05) is 23.2 Å². The molecular formula is C18H22N8O3. The Hall–Kier alpha value is -3.63. The molecule has 1 aliphatic carbocycles. The van der Waals surface area contributed by atoms with E-state index in [1.54, 1.807) is 16.8 Å². The molecule has 1 saturated carbocycles. The highest BCUT2D eigenvalue weighted by molar-refractivity contribution is 6.14. The second-order valence-electron chi connectivity index (χ2n) is 8.08. The van der Waals surface area contributed by atoms with Crippen LogP contribution in [0.25, 0.3) is 11.7 Å². The number of rotatable bonds is 4. The van der Waals surface area contributed by atoms with Crippen molar-refractivity contribution < 1.29 is 14.4 Å². The Morgan fingerprint density at radius 1 is 1.28 bits per heavy atom. The van der Waals surface area contributed by atoms with Crippen molar-refractivity contribution in [3.63, 3.8) is 0 Å². The number of hydrogen-bond donors (Lipinski definition) is 5. The molecule has 2 fully saturated rings. The van der Waals surface area contributed by atoms with Crippen LogP contribution in [0.15, 0.2) is 18.0 Å². The van der Waals surface area contributed by atoms with Gasteiger partial charge >= 0.3 is 12.1 Å². The molecule has 152 valence electrons. The minimum absolute atomic E-state index is 0.104. The van der Waals surface area contributed by atoms with E-state index >= 15 is 0 Å². The van der Waals surface area contributed by atoms with E-state index in [0.717, 1.165) is 12.8 Å². The molecule has 3 heterocycles. The highest BCUT2D eigenvalue weighted by Crippen LogP contribution is 2.27. The SMILES string of the molecule is CC(C)(C)NC(=O)Nc1cc(NC2CC2)n2ncc(/C=C3\NC(=O)NC3=O)c2n1. The molecule has 5 N–H and O–H groups in total. The standard InChI is InChI=1S/C18H22N8O3/c1-18(2,3)25-17(29)23-12-7-13(20-10-4-5-10)26-14(22-12)9(8-19-26)6-11-15(27)24-16(28)21-11/h6-8,10,20H,4-5H2,1-3H3,(H2,21,24,27,28)(H2,22,23,25,29)/b11-6-. The van der Waals surface area contributed by atoms with Crippen LogP contribution in [0.4, 0.5) is 21.2 Å². The molecule has 2 aromatic rings. The molecule has 2 aliphatic rings. The lowest BCUT2D eigenvalue weighted by molar-refractivity contribution is -0.115. The molecule has 0 bridgehead atoms. The maximum atomic E-state index is 12.3. The van der Waals surface area contributed by atoms with Gasteiger partial charge in [0.15, 0.2) is 5.65 Å². The number of hydrogen-bond acceptors (Lipinski definition) is 6. The van der Waals surface area contributed by atoms with Crippen molar-refractivity contribution in [3.05, 3.63) is 23.5 Å². The number of fused-ring (bicyclic) bond motifs is 1. The van der Waals surface area contributed by atoms with Gasteiger partial charge in [0.25, 0.3) is 5.91 Å². The predicted molar refractivity (Wildman–Crippen MR) is 106 cm³/mol. The third-order valence-electron chi connectivity index (χ3n) is 4.18. The van der Waals surface area contributed by atoms with Crippen molar-refractivity contribution in [2.75, 3.05) is 10.6 Å². The van der Waals surface area contributed by atoms with Crippen LogP contribution in [0.1, 0.15) is 39.2 Å². The summed E-state index contributed by atoms with van der Waals surface area (Å²) >= 11 is 0. The average molecular weight is 398 g/mol. The van der Waals surface area contributed by atoms with E-state index in [1.807, 2.05) is 20.8 Å². The number of urea groups is 2. The zero-order valence-corrected chi connectivity index (χ0v) is 16.3. The third kappa shape index (κ3) is 4.28. The zero-order chi connectivity index (χ0) is 20.8. The fourth-order valence-corrected chi connectivity index (χ4v) is 2.81. The lowest BCUT2D eigenvalue weighted by Gasteiger charge is -2.20. The summed E-state index contributed by atoms with van der Waals surface area (Å²) in [7, 11) is 0. The van der Waals surface area contributed by atoms with Crippen LogP contribution in [0.5, 0.6) is 0 Å². The van der Waals surface area contributed by atoms with E-state index in [9.17, 15) is 14.4 Å². The summed E-state index contributed by atoms with van der Waals surface area (Å²) in [6.45, 7) is 5.64. The van der Waals surface area contributed by atoms with Crippen LogP contribution in [-0.4, -0.2) is 44.1 Å². The number of nitrogens with zero attached hydrogens (tertiary/aromatic N) is 3. The fraction of sp³-hybridized carbons (Fsp3) is 0.389. The van der Waals surface area contributed by atoms with Gasteiger partial charge in [0.05, 0.1) is 6.20 Å². The maximum absolute atomic E-state index is 12.3.